The summed E-state index contributed by atoms with van der Waals surface area (Å²) in [6, 6.07) is 0.0235. The van der Waals surface area contributed by atoms with Crippen LogP contribution in [-0.2, 0) is 9.84 Å². The van der Waals surface area contributed by atoms with E-state index in [1.165, 1.54) is 12.5 Å². The van der Waals surface area contributed by atoms with Crippen molar-refractivity contribution in [2.75, 3.05) is 12.8 Å². The molecular weight excluding hydrogens is 262 g/mol. The average molecular weight is 287 g/mol. The van der Waals surface area contributed by atoms with Crippen LogP contribution in [0.15, 0.2) is 21.0 Å². The van der Waals surface area contributed by atoms with E-state index < -0.39 is 9.84 Å². The Balaban J connectivity index is 4.50. The van der Waals surface area contributed by atoms with E-state index in [0.29, 0.717) is 18.8 Å². The van der Waals surface area contributed by atoms with E-state index in [2.05, 4.69) is 9.98 Å². The Kier molecular flexibility index (Phi) is 8.30. The molecule has 0 bridgehead atoms. The third-order valence-electron chi connectivity index (χ3n) is 2.51. The van der Waals surface area contributed by atoms with Crippen LogP contribution in [0, 0.1) is 0 Å². The molecule has 0 saturated heterocycles. The normalized spacial score (nSPS) is 16.0. The van der Waals surface area contributed by atoms with Crippen molar-refractivity contribution in [2.45, 2.75) is 46.1 Å². The van der Waals surface area contributed by atoms with Gasteiger partial charge in [-0.2, -0.15) is 0 Å². The molecule has 110 valence electrons. The quantitative estimate of drug-likeness (QED) is 0.547. The summed E-state index contributed by atoms with van der Waals surface area (Å²) in [4.78, 5) is 8.71. The molecule has 0 aliphatic rings. The molecule has 0 radical (unpaired) electrons. The van der Waals surface area contributed by atoms with E-state index >= 15 is 0 Å². The highest BCUT2D eigenvalue weighted by Gasteiger charge is 2.08. The second kappa shape index (κ2) is 8.85. The molecule has 19 heavy (non-hydrogen) atoms. The van der Waals surface area contributed by atoms with E-state index in [1.807, 2.05) is 20.8 Å². The number of hydrogen-bond donors (Lipinski definition) is 1. The van der Waals surface area contributed by atoms with Gasteiger partial charge in [-0.3, -0.25) is 9.98 Å². The predicted octanol–water partition coefficient (Wildman–Crippen LogP) is 1.94. The van der Waals surface area contributed by atoms with Crippen LogP contribution in [0.1, 0.15) is 40.0 Å². The van der Waals surface area contributed by atoms with Gasteiger partial charge in [0.15, 0.2) is 9.84 Å². The first kappa shape index (κ1) is 17.8. The van der Waals surface area contributed by atoms with Gasteiger partial charge in [0, 0.05) is 31.5 Å². The number of hydrogen-bond acceptors (Lipinski definition) is 4. The molecule has 0 aliphatic heterocycles. The summed E-state index contributed by atoms with van der Waals surface area (Å²) >= 11 is 0. The zero-order valence-corrected chi connectivity index (χ0v) is 13.1. The van der Waals surface area contributed by atoms with Gasteiger partial charge >= 0.3 is 0 Å². The largest absolute Gasteiger partial charge is 0.387 e. The number of nitrogens with two attached hydrogens (primary N) is 1. The van der Waals surface area contributed by atoms with Gasteiger partial charge in [0.2, 0.25) is 0 Å². The minimum Gasteiger partial charge on any atom is -0.387 e. The highest BCUT2D eigenvalue weighted by molar-refractivity contribution is 7.95. The molecule has 0 aromatic carbocycles. The van der Waals surface area contributed by atoms with E-state index in [-0.39, 0.29) is 10.9 Å². The minimum absolute atomic E-state index is 0.0235. The second-order valence-electron chi connectivity index (χ2n) is 4.43. The summed E-state index contributed by atoms with van der Waals surface area (Å²) in [5.41, 5.74) is 5.60. The van der Waals surface area contributed by atoms with Crippen LogP contribution in [-0.4, -0.2) is 39.3 Å². The molecule has 5 nitrogen and oxygen atoms in total. The summed E-state index contributed by atoms with van der Waals surface area (Å²) < 4.78 is 23.0. The highest BCUT2D eigenvalue weighted by Crippen LogP contribution is 2.05. The van der Waals surface area contributed by atoms with Crippen LogP contribution in [0.4, 0.5) is 0 Å². The summed E-state index contributed by atoms with van der Waals surface area (Å²) in [5, 5.41) is 0. The fourth-order valence-corrected chi connectivity index (χ4v) is 2.00. The van der Waals surface area contributed by atoms with Crippen molar-refractivity contribution in [3.63, 3.8) is 0 Å². The highest BCUT2D eigenvalue weighted by atomic mass is 32.2. The molecule has 0 aromatic heterocycles. The maximum atomic E-state index is 11.5. The topological polar surface area (TPSA) is 84.9 Å². The van der Waals surface area contributed by atoms with E-state index in [0.717, 1.165) is 12.8 Å². The Bertz CT molecular complexity index is 451. The van der Waals surface area contributed by atoms with Crippen LogP contribution in [0.2, 0.25) is 0 Å². The third kappa shape index (κ3) is 8.53. The van der Waals surface area contributed by atoms with Gasteiger partial charge in [0.05, 0.1) is 10.7 Å². The summed E-state index contributed by atoms with van der Waals surface area (Å²) in [6.07, 6.45) is 6.46. The van der Waals surface area contributed by atoms with Gasteiger partial charge in [-0.1, -0.05) is 19.9 Å². The molecule has 2 N–H and O–H groups in total. The van der Waals surface area contributed by atoms with Crippen molar-refractivity contribution in [2.24, 2.45) is 15.7 Å². The van der Waals surface area contributed by atoms with E-state index in [1.54, 1.807) is 6.08 Å². The summed E-state index contributed by atoms with van der Waals surface area (Å²) in [6.45, 7) is 6.39. The van der Waals surface area contributed by atoms with Crippen molar-refractivity contribution in [3.8, 4) is 0 Å². The molecule has 0 aromatic rings. The molecule has 0 fully saturated rings. The number of nitrogens with zero attached hydrogens (tertiary/aromatic N) is 2. The van der Waals surface area contributed by atoms with Crippen LogP contribution < -0.4 is 5.73 Å². The van der Waals surface area contributed by atoms with Crippen molar-refractivity contribution in [1.82, 2.24) is 0 Å². The van der Waals surface area contributed by atoms with Gasteiger partial charge in [-0.05, 0) is 19.8 Å². The summed E-state index contributed by atoms with van der Waals surface area (Å²) in [7, 11) is -3.20. The minimum atomic E-state index is -3.20. The average Bonchev–Trinajstić information content (AvgIpc) is 2.32. The van der Waals surface area contributed by atoms with Crippen molar-refractivity contribution in [3.05, 3.63) is 11.0 Å². The van der Waals surface area contributed by atoms with Gasteiger partial charge in [0.1, 0.15) is 0 Å². The second-order valence-corrected chi connectivity index (χ2v) is 6.45. The first-order chi connectivity index (χ1) is 8.81. The Hall–Kier alpha value is -1.17. The molecule has 0 saturated carbocycles. The zero-order chi connectivity index (χ0) is 14.9. The van der Waals surface area contributed by atoms with Crippen molar-refractivity contribution in [1.29, 1.82) is 0 Å². The van der Waals surface area contributed by atoms with Crippen LogP contribution in [0.5, 0.6) is 0 Å². The molecule has 1 atom stereocenters. The van der Waals surface area contributed by atoms with Gasteiger partial charge in [-0.15, -0.1) is 0 Å². The number of aliphatic imine (C=N–C) groups is 2. The molecule has 0 spiro atoms. The number of sulfone groups is 1. The smallest absolute Gasteiger partial charge is 0.176 e. The first-order valence-corrected chi connectivity index (χ1v) is 8.42. The SMILES string of the molecule is CC/C=C(\C=N/C(C)CC/N=C(/N)CC)S(C)(=O)=O. The lowest BCUT2D eigenvalue weighted by atomic mass is 10.2. The molecule has 0 heterocycles. The lowest BCUT2D eigenvalue weighted by molar-refractivity contribution is 0.609. The predicted molar refractivity (Wildman–Crippen MR) is 82.6 cm³/mol. The van der Waals surface area contributed by atoms with Gasteiger partial charge in [0.25, 0.3) is 0 Å². The maximum absolute atomic E-state index is 11.5. The lowest BCUT2D eigenvalue weighted by Gasteiger charge is -2.05. The Morgan fingerprint density at radius 2 is 2.00 bits per heavy atom. The fraction of sp³-hybridized carbons (Fsp3) is 0.692. The van der Waals surface area contributed by atoms with Crippen LogP contribution in [0.3, 0.4) is 0 Å². The molecule has 6 heteroatoms. The van der Waals surface area contributed by atoms with Crippen LogP contribution >= 0.6 is 0 Å². The fourth-order valence-electron chi connectivity index (χ4n) is 1.28. The zero-order valence-electron chi connectivity index (χ0n) is 12.3. The van der Waals surface area contributed by atoms with Gasteiger partial charge < -0.3 is 5.73 Å². The van der Waals surface area contributed by atoms with Gasteiger partial charge in [-0.25, -0.2) is 8.42 Å². The van der Waals surface area contributed by atoms with Crippen molar-refractivity contribution >= 4 is 21.9 Å². The summed E-state index contributed by atoms with van der Waals surface area (Å²) in [5.74, 6) is 0.638. The van der Waals surface area contributed by atoms with E-state index in [4.69, 9.17) is 5.73 Å². The first-order valence-electron chi connectivity index (χ1n) is 6.53. The Labute approximate surface area is 116 Å². The Morgan fingerprint density at radius 3 is 2.47 bits per heavy atom. The third-order valence-corrected chi connectivity index (χ3v) is 3.64. The van der Waals surface area contributed by atoms with E-state index in [9.17, 15) is 8.42 Å². The molecular formula is C13H25N3O2S. The molecule has 1 unspecified atom stereocenters. The number of amidine groups is 1. The monoisotopic (exact) mass is 287 g/mol. The molecule has 0 amide bonds. The Morgan fingerprint density at radius 1 is 1.37 bits per heavy atom. The standard InChI is InChI=1S/C13H25N3O2S/c1-5-7-12(19(4,17)18)10-16-11(3)8-9-15-13(14)6-2/h7,10-11H,5-6,8-9H2,1-4H3,(H2,14,15)/b12-7+,16-10-. The lowest BCUT2D eigenvalue weighted by Crippen LogP contribution is -2.12. The van der Waals surface area contributed by atoms with Crippen LogP contribution in [0.25, 0.3) is 0 Å². The maximum Gasteiger partial charge on any atom is 0.176 e. The molecule has 0 aliphatic carbocycles. The molecule has 0 rings (SSSR count). The number of allylic oxidation sites excluding steroid dienone is 2. The number of rotatable bonds is 8. The van der Waals surface area contributed by atoms with Crippen molar-refractivity contribution < 1.29 is 8.42 Å².